The Balaban J connectivity index is 1.78. The Labute approximate surface area is 169 Å². The summed E-state index contributed by atoms with van der Waals surface area (Å²) >= 11 is 0. The molecular formula is C21H26N4O4. The number of amides is 4. The van der Waals surface area contributed by atoms with E-state index in [0.717, 1.165) is 27.1 Å². The summed E-state index contributed by atoms with van der Waals surface area (Å²) in [5.41, 5.74) is 1.45. The first-order chi connectivity index (χ1) is 13.7. The van der Waals surface area contributed by atoms with Crippen LogP contribution in [0.15, 0.2) is 18.2 Å². The fourth-order valence-electron chi connectivity index (χ4n) is 4.44. The van der Waals surface area contributed by atoms with Gasteiger partial charge >= 0.3 is 6.03 Å². The molecule has 1 aromatic heterocycles. The summed E-state index contributed by atoms with van der Waals surface area (Å²) in [6, 6.07) is 4.33. The molecule has 0 spiro atoms. The van der Waals surface area contributed by atoms with Crippen molar-refractivity contribution >= 4 is 28.7 Å². The number of ether oxygens (including phenoxy) is 1. The molecule has 0 radical (unpaired) electrons. The van der Waals surface area contributed by atoms with Crippen LogP contribution in [0.3, 0.4) is 0 Å². The van der Waals surface area contributed by atoms with Gasteiger partial charge in [-0.05, 0) is 57.9 Å². The first-order valence-electron chi connectivity index (χ1n) is 9.84. The molecule has 1 fully saturated rings. The molecule has 0 aliphatic carbocycles. The lowest BCUT2D eigenvalue weighted by Crippen LogP contribution is -2.50. The third kappa shape index (κ3) is 2.62. The minimum absolute atomic E-state index is 0.0776. The van der Waals surface area contributed by atoms with Gasteiger partial charge in [-0.15, -0.1) is 0 Å². The number of nitrogens with zero attached hydrogens (tertiary/aromatic N) is 2. The molecule has 2 aliphatic heterocycles. The van der Waals surface area contributed by atoms with E-state index in [2.05, 4.69) is 10.3 Å². The number of hydrogen-bond donors (Lipinski definition) is 2. The van der Waals surface area contributed by atoms with Gasteiger partial charge in [-0.25, -0.2) is 9.69 Å². The van der Waals surface area contributed by atoms with Gasteiger partial charge in [0.25, 0.3) is 5.91 Å². The van der Waals surface area contributed by atoms with Crippen LogP contribution in [-0.4, -0.2) is 58.4 Å². The highest BCUT2D eigenvalue weighted by Crippen LogP contribution is 2.45. The number of carbonyl (C=O) groups is 3. The summed E-state index contributed by atoms with van der Waals surface area (Å²) < 4.78 is 5.34. The molecule has 8 heteroatoms. The van der Waals surface area contributed by atoms with Gasteiger partial charge in [0, 0.05) is 23.5 Å². The van der Waals surface area contributed by atoms with Gasteiger partial charge in [-0.2, -0.15) is 0 Å². The smallest absolute Gasteiger partial charge is 0.328 e. The molecule has 29 heavy (non-hydrogen) atoms. The van der Waals surface area contributed by atoms with E-state index >= 15 is 0 Å². The fraction of sp³-hybridized carbons (Fsp3) is 0.476. The van der Waals surface area contributed by atoms with E-state index in [1.165, 1.54) is 0 Å². The maximum absolute atomic E-state index is 13.5. The van der Waals surface area contributed by atoms with Crippen molar-refractivity contribution in [1.29, 1.82) is 0 Å². The summed E-state index contributed by atoms with van der Waals surface area (Å²) in [4.78, 5) is 45.2. The molecule has 1 saturated heterocycles. The van der Waals surface area contributed by atoms with Crippen molar-refractivity contribution < 1.29 is 19.1 Å². The number of rotatable bonds is 4. The largest absolute Gasteiger partial charge is 0.497 e. The molecular weight excluding hydrogens is 372 g/mol. The Morgan fingerprint density at radius 3 is 2.66 bits per heavy atom. The van der Waals surface area contributed by atoms with E-state index in [1.54, 1.807) is 25.9 Å². The van der Waals surface area contributed by atoms with Gasteiger partial charge in [-0.1, -0.05) is 0 Å². The molecule has 8 nitrogen and oxygen atoms in total. The molecule has 0 unspecified atom stereocenters. The number of fused-ring (bicyclic) bond motifs is 5. The van der Waals surface area contributed by atoms with Crippen molar-refractivity contribution in [3.8, 4) is 5.75 Å². The van der Waals surface area contributed by atoms with Crippen LogP contribution < -0.4 is 10.1 Å². The number of urea groups is 1. The van der Waals surface area contributed by atoms with Gasteiger partial charge in [0.15, 0.2) is 5.54 Å². The highest BCUT2D eigenvalue weighted by atomic mass is 16.5. The van der Waals surface area contributed by atoms with E-state index in [0.29, 0.717) is 18.7 Å². The molecule has 154 valence electrons. The SMILES string of the molecule is COc1ccc2[nH]c3c(c2c1)CCN1C(=O)N([C@@H](C)C(=O)NC(C)C)C(=O)[C@]31C. The number of aromatic amines is 1. The molecule has 1 aromatic carbocycles. The predicted octanol–water partition coefficient (Wildman–Crippen LogP) is 2.13. The monoisotopic (exact) mass is 398 g/mol. The Morgan fingerprint density at radius 1 is 1.28 bits per heavy atom. The molecule has 4 rings (SSSR count). The van der Waals surface area contributed by atoms with Crippen molar-refractivity contribution in [2.75, 3.05) is 13.7 Å². The lowest BCUT2D eigenvalue weighted by Gasteiger charge is -2.36. The second-order valence-electron chi connectivity index (χ2n) is 8.16. The van der Waals surface area contributed by atoms with Crippen molar-refractivity contribution in [2.24, 2.45) is 0 Å². The lowest BCUT2D eigenvalue weighted by atomic mass is 9.87. The maximum Gasteiger partial charge on any atom is 0.328 e. The highest BCUT2D eigenvalue weighted by Gasteiger charge is 2.60. The normalized spacial score (nSPS) is 22.1. The summed E-state index contributed by atoms with van der Waals surface area (Å²) in [7, 11) is 1.62. The second kappa shape index (κ2) is 6.50. The number of benzene rings is 1. The summed E-state index contributed by atoms with van der Waals surface area (Å²) in [6.45, 7) is 7.44. The molecule has 2 aromatic rings. The highest BCUT2D eigenvalue weighted by molar-refractivity contribution is 6.11. The summed E-state index contributed by atoms with van der Waals surface area (Å²) in [6.07, 6.45) is 0.623. The van der Waals surface area contributed by atoms with Crippen molar-refractivity contribution in [3.63, 3.8) is 0 Å². The molecule has 2 aliphatic rings. The zero-order valence-electron chi connectivity index (χ0n) is 17.3. The van der Waals surface area contributed by atoms with E-state index in [1.807, 2.05) is 32.0 Å². The Hall–Kier alpha value is -3.03. The van der Waals surface area contributed by atoms with Crippen LogP contribution in [0.25, 0.3) is 10.9 Å². The zero-order valence-corrected chi connectivity index (χ0v) is 17.3. The second-order valence-corrected chi connectivity index (χ2v) is 8.16. The molecule has 3 heterocycles. The van der Waals surface area contributed by atoms with Gasteiger partial charge in [-0.3, -0.25) is 9.59 Å². The quantitative estimate of drug-likeness (QED) is 0.772. The van der Waals surface area contributed by atoms with Crippen molar-refractivity contribution in [2.45, 2.75) is 51.7 Å². The third-order valence-corrected chi connectivity index (χ3v) is 6.00. The van der Waals surface area contributed by atoms with Crippen molar-refractivity contribution in [1.82, 2.24) is 20.1 Å². The number of hydrogen-bond acceptors (Lipinski definition) is 4. The Kier molecular flexibility index (Phi) is 4.33. The lowest BCUT2D eigenvalue weighted by molar-refractivity contribution is -0.139. The number of aromatic nitrogens is 1. The van der Waals surface area contributed by atoms with Gasteiger partial charge in [0.1, 0.15) is 11.8 Å². The topological polar surface area (TPSA) is 94.7 Å². The van der Waals surface area contributed by atoms with E-state index in [-0.39, 0.29) is 17.9 Å². The van der Waals surface area contributed by atoms with Crippen molar-refractivity contribution in [3.05, 3.63) is 29.5 Å². The average Bonchev–Trinajstić information content (AvgIpc) is 3.14. The maximum atomic E-state index is 13.5. The number of methoxy groups -OCH3 is 1. The van der Waals surface area contributed by atoms with Crippen LogP contribution in [-0.2, 0) is 21.5 Å². The van der Waals surface area contributed by atoms with E-state index < -0.39 is 17.6 Å². The van der Waals surface area contributed by atoms with Crippen LogP contribution in [0.5, 0.6) is 5.75 Å². The van der Waals surface area contributed by atoms with Crippen LogP contribution >= 0.6 is 0 Å². The molecule has 2 N–H and O–H groups in total. The molecule has 2 atom stereocenters. The van der Waals surface area contributed by atoms with Crippen LogP contribution in [0.4, 0.5) is 4.79 Å². The summed E-state index contributed by atoms with van der Waals surface area (Å²) in [5, 5.41) is 3.77. The number of nitrogens with one attached hydrogen (secondary N) is 2. The Bertz CT molecular complexity index is 1030. The molecule has 0 saturated carbocycles. The summed E-state index contributed by atoms with van der Waals surface area (Å²) in [5.74, 6) is 0.0152. The standard InChI is InChI=1S/C21H26N4O4/c1-11(2)22-18(26)12(3)25-19(27)21(4)17-14(8-9-24(21)20(25)28)15-10-13(29-5)6-7-16(15)23-17/h6-7,10-12,23H,8-9H2,1-5H3,(H,22,26)/t12-,21-/m0/s1. The minimum atomic E-state index is -1.16. The molecule has 0 bridgehead atoms. The molecule has 4 amide bonds. The van der Waals surface area contributed by atoms with Crippen LogP contribution in [0.1, 0.15) is 39.0 Å². The van der Waals surface area contributed by atoms with Gasteiger partial charge < -0.3 is 19.9 Å². The zero-order chi connectivity index (χ0) is 21.1. The number of H-pyrrole nitrogens is 1. The third-order valence-electron chi connectivity index (χ3n) is 6.00. The first kappa shape index (κ1) is 19.3. The van der Waals surface area contributed by atoms with Crippen LogP contribution in [0, 0.1) is 0 Å². The Morgan fingerprint density at radius 2 is 2.00 bits per heavy atom. The van der Waals surface area contributed by atoms with E-state index in [9.17, 15) is 14.4 Å². The van der Waals surface area contributed by atoms with Gasteiger partial charge in [0.2, 0.25) is 5.91 Å². The number of carbonyl (C=O) groups excluding carboxylic acids is 3. The number of imide groups is 1. The minimum Gasteiger partial charge on any atom is -0.497 e. The van der Waals surface area contributed by atoms with E-state index in [4.69, 9.17) is 4.74 Å². The van der Waals surface area contributed by atoms with Crippen LogP contribution in [0.2, 0.25) is 0 Å². The van der Waals surface area contributed by atoms with Gasteiger partial charge in [0.05, 0.1) is 12.8 Å². The first-order valence-corrected chi connectivity index (χ1v) is 9.84. The fourth-order valence-corrected chi connectivity index (χ4v) is 4.44. The predicted molar refractivity (Wildman–Crippen MR) is 108 cm³/mol. The average molecular weight is 398 g/mol.